The van der Waals surface area contributed by atoms with Crippen LogP contribution in [0.25, 0.3) is 11.4 Å². The lowest BCUT2D eigenvalue weighted by atomic mass is 10.1. The molecule has 29 heavy (non-hydrogen) atoms. The van der Waals surface area contributed by atoms with E-state index in [0.717, 1.165) is 0 Å². The zero-order valence-corrected chi connectivity index (χ0v) is 15.9. The molecule has 0 spiro atoms. The first-order chi connectivity index (χ1) is 14.1. The van der Waals surface area contributed by atoms with Gasteiger partial charge in [-0.25, -0.2) is 4.39 Å². The van der Waals surface area contributed by atoms with Gasteiger partial charge in [0.2, 0.25) is 24.4 Å². The fourth-order valence-electron chi connectivity index (χ4n) is 3.57. The van der Waals surface area contributed by atoms with Gasteiger partial charge in [-0.2, -0.15) is 4.98 Å². The third-order valence-electron chi connectivity index (χ3n) is 5.08. The summed E-state index contributed by atoms with van der Waals surface area (Å²) in [6.45, 7) is 0.213. The van der Waals surface area contributed by atoms with Crippen LogP contribution in [-0.4, -0.2) is 27.7 Å². The van der Waals surface area contributed by atoms with Crippen molar-refractivity contribution in [2.24, 2.45) is 0 Å². The molecular formula is C20H15ClFN3O4. The first kappa shape index (κ1) is 17.9. The van der Waals surface area contributed by atoms with Gasteiger partial charge in [-0.05, 0) is 36.8 Å². The van der Waals surface area contributed by atoms with Crippen LogP contribution in [0.5, 0.6) is 11.5 Å². The van der Waals surface area contributed by atoms with Gasteiger partial charge in [0.1, 0.15) is 11.9 Å². The summed E-state index contributed by atoms with van der Waals surface area (Å²) in [6, 6.07) is 9.36. The zero-order valence-electron chi connectivity index (χ0n) is 15.1. The first-order valence-electron chi connectivity index (χ1n) is 9.06. The van der Waals surface area contributed by atoms with E-state index in [1.807, 2.05) is 0 Å². The summed E-state index contributed by atoms with van der Waals surface area (Å²) in [5, 5.41) is 4.31. The monoisotopic (exact) mass is 415 g/mol. The second kappa shape index (κ2) is 7.04. The van der Waals surface area contributed by atoms with Crippen LogP contribution in [0.4, 0.5) is 4.39 Å². The molecule has 1 fully saturated rings. The Morgan fingerprint density at radius 3 is 2.93 bits per heavy atom. The molecule has 1 aromatic heterocycles. The number of rotatable bonds is 4. The van der Waals surface area contributed by atoms with Crippen molar-refractivity contribution in [2.45, 2.75) is 25.4 Å². The number of hydrogen-bond donors (Lipinski definition) is 0. The highest BCUT2D eigenvalue weighted by Gasteiger charge is 2.36. The van der Waals surface area contributed by atoms with E-state index in [2.05, 4.69) is 10.1 Å². The Balaban J connectivity index is 1.42. The largest absolute Gasteiger partial charge is 0.454 e. The predicted octanol–water partition coefficient (Wildman–Crippen LogP) is 4.12. The molecule has 0 saturated carbocycles. The Kier molecular flexibility index (Phi) is 4.35. The van der Waals surface area contributed by atoms with Crippen molar-refractivity contribution in [3.05, 3.63) is 58.7 Å². The average molecular weight is 416 g/mol. The second-order valence-electron chi connectivity index (χ2n) is 6.80. The summed E-state index contributed by atoms with van der Waals surface area (Å²) in [4.78, 5) is 18.4. The van der Waals surface area contributed by atoms with Gasteiger partial charge in [-0.1, -0.05) is 22.8 Å². The quantitative estimate of drug-likeness (QED) is 0.637. The van der Waals surface area contributed by atoms with Crippen LogP contribution >= 0.6 is 11.6 Å². The highest BCUT2D eigenvalue weighted by Crippen LogP contribution is 2.38. The number of ether oxygens (including phenoxy) is 2. The molecule has 1 saturated heterocycles. The van der Waals surface area contributed by atoms with E-state index in [1.165, 1.54) is 17.0 Å². The summed E-state index contributed by atoms with van der Waals surface area (Å²) in [6.07, 6.45) is 0.826. The summed E-state index contributed by atoms with van der Waals surface area (Å²) in [5.41, 5.74) is 0.974. The normalized spacial score (nSPS) is 17.9. The zero-order chi connectivity index (χ0) is 20.0. The van der Waals surface area contributed by atoms with Crippen molar-refractivity contribution in [1.82, 2.24) is 15.0 Å². The van der Waals surface area contributed by atoms with E-state index < -0.39 is 11.9 Å². The van der Waals surface area contributed by atoms with Gasteiger partial charge in [0, 0.05) is 22.6 Å². The maximum atomic E-state index is 14.2. The Morgan fingerprint density at radius 1 is 1.21 bits per heavy atom. The van der Waals surface area contributed by atoms with Crippen molar-refractivity contribution in [3.63, 3.8) is 0 Å². The number of amides is 1. The molecule has 3 aromatic rings. The van der Waals surface area contributed by atoms with Gasteiger partial charge in [0.05, 0.1) is 6.54 Å². The molecule has 0 aliphatic carbocycles. The van der Waals surface area contributed by atoms with Crippen LogP contribution in [0.2, 0.25) is 5.02 Å². The summed E-state index contributed by atoms with van der Waals surface area (Å²) >= 11 is 6.13. The van der Waals surface area contributed by atoms with Crippen LogP contribution in [0.15, 0.2) is 40.9 Å². The molecule has 1 atom stereocenters. The topological polar surface area (TPSA) is 77.7 Å². The number of fused-ring (bicyclic) bond motifs is 1. The maximum absolute atomic E-state index is 14.2. The van der Waals surface area contributed by atoms with Crippen molar-refractivity contribution in [1.29, 1.82) is 0 Å². The average Bonchev–Trinajstić information content (AvgIpc) is 3.44. The van der Waals surface area contributed by atoms with E-state index in [9.17, 15) is 9.18 Å². The van der Waals surface area contributed by atoms with E-state index >= 15 is 0 Å². The van der Waals surface area contributed by atoms with Crippen LogP contribution in [-0.2, 0) is 11.3 Å². The van der Waals surface area contributed by atoms with Gasteiger partial charge in [0.25, 0.3) is 0 Å². The molecular weight excluding hydrogens is 401 g/mol. The molecule has 0 bridgehead atoms. The number of benzene rings is 2. The van der Waals surface area contributed by atoms with E-state index in [-0.39, 0.29) is 29.8 Å². The summed E-state index contributed by atoms with van der Waals surface area (Å²) in [7, 11) is 0. The van der Waals surface area contributed by atoms with Crippen molar-refractivity contribution in [2.75, 3.05) is 6.79 Å². The van der Waals surface area contributed by atoms with Crippen molar-refractivity contribution in [3.8, 4) is 22.9 Å². The van der Waals surface area contributed by atoms with Crippen LogP contribution in [0.3, 0.4) is 0 Å². The van der Waals surface area contributed by atoms with E-state index in [1.54, 1.807) is 24.3 Å². The predicted molar refractivity (Wildman–Crippen MR) is 99.8 cm³/mol. The summed E-state index contributed by atoms with van der Waals surface area (Å²) < 4.78 is 30.3. The fourth-order valence-corrected chi connectivity index (χ4v) is 3.79. The number of carbonyl (C=O) groups excluding carboxylic acids is 1. The minimum Gasteiger partial charge on any atom is -0.454 e. The van der Waals surface area contributed by atoms with Crippen LogP contribution < -0.4 is 9.47 Å². The molecule has 0 N–H and O–H groups in total. The smallest absolute Gasteiger partial charge is 0.249 e. The lowest BCUT2D eigenvalue weighted by Crippen LogP contribution is -2.28. The minimum absolute atomic E-state index is 0.0384. The maximum Gasteiger partial charge on any atom is 0.249 e. The lowest BCUT2D eigenvalue weighted by Gasteiger charge is -2.22. The molecule has 2 aromatic carbocycles. The Morgan fingerprint density at radius 2 is 2.07 bits per heavy atom. The van der Waals surface area contributed by atoms with Crippen molar-refractivity contribution < 1.29 is 23.2 Å². The van der Waals surface area contributed by atoms with Crippen LogP contribution in [0.1, 0.15) is 30.3 Å². The molecule has 5 rings (SSSR count). The molecule has 2 aliphatic rings. The number of nitrogens with zero attached hydrogens (tertiary/aromatic N) is 3. The van der Waals surface area contributed by atoms with Crippen LogP contribution in [0, 0.1) is 5.82 Å². The summed E-state index contributed by atoms with van der Waals surface area (Å²) in [5.74, 6) is 1.38. The standard InChI is InChI=1S/C20H15ClFN3O4/c21-13-2-1-3-14(22)12(13)9-25-15(5-7-18(25)26)20-23-19(24-29-20)11-4-6-16-17(8-11)28-10-27-16/h1-4,6,8,15H,5,7,9-10H2. The van der Waals surface area contributed by atoms with Gasteiger partial charge >= 0.3 is 0 Å². The molecule has 1 unspecified atom stereocenters. The highest BCUT2D eigenvalue weighted by molar-refractivity contribution is 6.31. The first-order valence-corrected chi connectivity index (χ1v) is 9.44. The molecule has 2 aliphatic heterocycles. The molecule has 3 heterocycles. The number of likely N-dealkylation sites (tertiary alicyclic amines) is 1. The molecule has 1 amide bonds. The SMILES string of the molecule is O=C1CCC(c2nc(-c3ccc4c(c3)OCO4)no2)N1Cc1c(F)cccc1Cl. The van der Waals surface area contributed by atoms with E-state index in [4.69, 9.17) is 25.6 Å². The number of aromatic nitrogens is 2. The van der Waals surface area contributed by atoms with Gasteiger partial charge in [-0.15, -0.1) is 0 Å². The fraction of sp³-hybridized carbons (Fsp3) is 0.250. The van der Waals surface area contributed by atoms with Crippen molar-refractivity contribution >= 4 is 17.5 Å². The number of carbonyl (C=O) groups is 1. The lowest BCUT2D eigenvalue weighted by molar-refractivity contribution is -0.130. The number of hydrogen-bond acceptors (Lipinski definition) is 6. The molecule has 0 radical (unpaired) electrons. The second-order valence-corrected chi connectivity index (χ2v) is 7.21. The Bertz CT molecular complexity index is 1080. The highest BCUT2D eigenvalue weighted by atomic mass is 35.5. The number of halogens is 2. The molecule has 9 heteroatoms. The van der Waals surface area contributed by atoms with Gasteiger partial charge < -0.3 is 18.9 Å². The third-order valence-corrected chi connectivity index (χ3v) is 5.43. The van der Waals surface area contributed by atoms with E-state index in [0.29, 0.717) is 41.6 Å². The Hall–Kier alpha value is -3.13. The molecule has 148 valence electrons. The minimum atomic E-state index is -0.456. The third kappa shape index (κ3) is 3.19. The Labute approximate surface area is 170 Å². The van der Waals surface area contributed by atoms with Gasteiger partial charge in [-0.3, -0.25) is 4.79 Å². The molecule has 7 nitrogen and oxygen atoms in total. The van der Waals surface area contributed by atoms with Gasteiger partial charge in [0.15, 0.2) is 11.5 Å².